The van der Waals surface area contributed by atoms with Crippen LogP contribution in [0.2, 0.25) is 0 Å². The van der Waals surface area contributed by atoms with Crippen LogP contribution in [0.3, 0.4) is 0 Å². The average Bonchev–Trinajstić information content (AvgIpc) is 2.30. The third-order valence-corrected chi connectivity index (χ3v) is 2.32. The quantitative estimate of drug-likeness (QED) is 0.723. The highest BCUT2D eigenvalue weighted by Crippen LogP contribution is 2.12. The summed E-state index contributed by atoms with van der Waals surface area (Å²) < 4.78 is 5.45. The van der Waals surface area contributed by atoms with Crippen molar-refractivity contribution in [2.24, 2.45) is 0 Å². The van der Waals surface area contributed by atoms with Crippen LogP contribution in [0.15, 0.2) is 24.3 Å². The summed E-state index contributed by atoms with van der Waals surface area (Å²) in [6.07, 6.45) is 1.15. The van der Waals surface area contributed by atoms with Crippen molar-refractivity contribution < 1.29 is 4.74 Å². The summed E-state index contributed by atoms with van der Waals surface area (Å²) in [5, 5.41) is 6.54. The lowest BCUT2D eigenvalue weighted by atomic mass is 10.2. The molecule has 18 heavy (non-hydrogen) atoms. The molecule has 1 rings (SSSR count). The molecule has 106 valence electrons. The van der Waals surface area contributed by atoms with Crippen molar-refractivity contribution in [3.8, 4) is 5.75 Å². The molecule has 1 aromatic carbocycles. The Morgan fingerprint density at radius 1 is 1.17 bits per heavy atom. The first-order valence-electron chi connectivity index (χ1n) is 5.94. The average molecular weight is 295 g/mol. The van der Waals surface area contributed by atoms with Crippen LogP contribution in [-0.2, 0) is 6.54 Å². The highest BCUT2D eigenvalue weighted by Gasteiger charge is 1.95. The number of ether oxygens (including phenoxy) is 1. The normalized spacial score (nSPS) is 9.22. The van der Waals surface area contributed by atoms with Gasteiger partial charge in [-0.2, -0.15) is 0 Å². The maximum atomic E-state index is 5.45. The summed E-state index contributed by atoms with van der Waals surface area (Å²) in [6.45, 7) is 5.73. The largest absolute Gasteiger partial charge is 0.494 e. The maximum absolute atomic E-state index is 5.45. The molecule has 0 heterocycles. The zero-order valence-electron chi connectivity index (χ0n) is 11.1. The van der Waals surface area contributed by atoms with Crippen LogP contribution >= 0.6 is 24.8 Å². The van der Waals surface area contributed by atoms with Crippen molar-refractivity contribution in [2.75, 3.05) is 26.7 Å². The van der Waals surface area contributed by atoms with E-state index in [9.17, 15) is 0 Å². The van der Waals surface area contributed by atoms with Gasteiger partial charge in [0, 0.05) is 6.54 Å². The van der Waals surface area contributed by atoms with E-state index >= 15 is 0 Å². The molecule has 0 aliphatic heterocycles. The minimum Gasteiger partial charge on any atom is -0.494 e. The minimum absolute atomic E-state index is 0. The van der Waals surface area contributed by atoms with E-state index in [0.717, 1.165) is 38.4 Å². The SMILES string of the molecule is CCOc1cccc(CNCCCNC)c1.Cl.Cl. The third kappa shape index (κ3) is 8.59. The van der Waals surface area contributed by atoms with Crippen LogP contribution in [0.25, 0.3) is 0 Å². The molecule has 0 aliphatic rings. The van der Waals surface area contributed by atoms with E-state index in [1.165, 1.54) is 5.56 Å². The minimum atomic E-state index is 0. The van der Waals surface area contributed by atoms with Crippen LogP contribution in [0.4, 0.5) is 0 Å². The summed E-state index contributed by atoms with van der Waals surface area (Å²) in [6, 6.07) is 8.24. The van der Waals surface area contributed by atoms with Gasteiger partial charge in [-0.25, -0.2) is 0 Å². The Labute approximate surface area is 123 Å². The summed E-state index contributed by atoms with van der Waals surface area (Å²) in [5.74, 6) is 0.956. The molecule has 0 saturated heterocycles. The fourth-order valence-electron chi connectivity index (χ4n) is 1.53. The van der Waals surface area contributed by atoms with Gasteiger partial charge in [0.2, 0.25) is 0 Å². The third-order valence-electron chi connectivity index (χ3n) is 2.32. The monoisotopic (exact) mass is 294 g/mol. The number of hydrogen-bond donors (Lipinski definition) is 2. The lowest BCUT2D eigenvalue weighted by Crippen LogP contribution is -2.19. The van der Waals surface area contributed by atoms with Gasteiger partial charge >= 0.3 is 0 Å². The molecule has 0 aromatic heterocycles. The molecule has 0 atom stereocenters. The predicted octanol–water partition coefficient (Wildman–Crippen LogP) is 2.63. The van der Waals surface area contributed by atoms with Crippen molar-refractivity contribution in [3.63, 3.8) is 0 Å². The molecule has 0 fully saturated rings. The summed E-state index contributed by atoms with van der Waals surface area (Å²) in [5.41, 5.74) is 1.27. The fraction of sp³-hybridized carbons (Fsp3) is 0.538. The fourth-order valence-corrected chi connectivity index (χ4v) is 1.53. The van der Waals surface area contributed by atoms with Crippen LogP contribution < -0.4 is 15.4 Å². The Bertz CT molecular complexity index is 298. The second-order valence-corrected chi connectivity index (χ2v) is 3.71. The molecule has 0 radical (unpaired) electrons. The van der Waals surface area contributed by atoms with Gasteiger partial charge < -0.3 is 15.4 Å². The summed E-state index contributed by atoms with van der Waals surface area (Å²) in [7, 11) is 1.98. The van der Waals surface area contributed by atoms with Crippen LogP contribution in [-0.4, -0.2) is 26.7 Å². The second kappa shape index (κ2) is 13.0. The Balaban J connectivity index is 0. The number of nitrogens with one attached hydrogen (secondary N) is 2. The van der Waals surface area contributed by atoms with E-state index in [-0.39, 0.29) is 24.8 Å². The first kappa shape index (κ1) is 19.9. The maximum Gasteiger partial charge on any atom is 0.119 e. The molecule has 0 bridgehead atoms. The molecule has 5 heteroatoms. The van der Waals surface area contributed by atoms with Crippen molar-refractivity contribution in [1.29, 1.82) is 0 Å². The van der Waals surface area contributed by atoms with E-state index in [1.54, 1.807) is 0 Å². The van der Waals surface area contributed by atoms with Gasteiger partial charge in [-0.1, -0.05) is 12.1 Å². The Morgan fingerprint density at radius 2 is 1.94 bits per heavy atom. The van der Waals surface area contributed by atoms with E-state index < -0.39 is 0 Å². The molecule has 0 aliphatic carbocycles. The molecule has 3 nitrogen and oxygen atoms in total. The lowest BCUT2D eigenvalue weighted by molar-refractivity contribution is 0.340. The summed E-state index contributed by atoms with van der Waals surface area (Å²) >= 11 is 0. The van der Waals surface area contributed by atoms with E-state index in [2.05, 4.69) is 22.8 Å². The van der Waals surface area contributed by atoms with Crippen molar-refractivity contribution in [2.45, 2.75) is 19.9 Å². The Morgan fingerprint density at radius 3 is 2.61 bits per heavy atom. The molecule has 0 amide bonds. The number of rotatable bonds is 8. The van der Waals surface area contributed by atoms with E-state index in [1.807, 2.05) is 26.1 Å². The molecule has 0 spiro atoms. The Hall–Kier alpha value is -0.480. The van der Waals surface area contributed by atoms with Crippen molar-refractivity contribution >= 4 is 24.8 Å². The van der Waals surface area contributed by atoms with Crippen molar-refractivity contribution in [3.05, 3.63) is 29.8 Å². The lowest BCUT2D eigenvalue weighted by Gasteiger charge is -2.07. The van der Waals surface area contributed by atoms with Gasteiger partial charge in [-0.3, -0.25) is 0 Å². The molecule has 0 saturated carbocycles. The smallest absolute Gasteiger partial charge is 0.119 e. The molecular formula is C13H24Cl2N2O. The first-order valence-corrected chi connectivity index (χ1v) is 5.94. The van der Waals surface area contributed by atoms with Gasteiger partial charge in [0.05, 0.1) is 6.61 Å². The zero-order valence-corrected chi connectivity index (χ0v) is 12.7. The molecule has 0 unspecified atom stereocenters. The first-order chi connectivity index (χ1) is 7.86. The number of hydrogen-bond acceptors (Lipinski definition) is 3. The summed E-state index contributed by atoms with van der Waals surface area (Å²) in [4.78, 5) is 0. The van der Waals surface area contributed by atoms with Gasteiger partial charge in [-0.15, -0.1) is 24.8 Å². The topological polar surface area (TPSA) is 33.3 Å². The van der Waals surface area contributed by atoms with Gasteiger partial charge in [0.15, 0.2) is 0 Å². The van der Waals surface area contributed by atoms with Crippen molar-refractivity contribution in [1.82, 2.24) is 10.6 Å². The van der Waals surface area contributed by atoms with Crippen LogP contribution in [0.1, 0.15) is 18.9 Å². The number of benzene rings is 1. The predicted molar refractivity (Wildman–Crippen MR) is 82.4 cm³/mol. The van der Waals surface area contributed by atoms with E-state index in [0.29, 0.717) is 0 Å². The highest BCUT2D eigenvalue weighted by molar-refractivity contribution is 5.85. The molecule has 2 N–H and O–H groups in total. The second-order valence-electron chi connectivity index (χ2n) is 3.71. The van der Waals surface area contributed by atoms with Gasteiger partial charge in [0.1, 0.15) is 5.75 Å². The standard InChI is InChI=1S/C13H22N2O.2ClH/c1-3-16-13-7-4-6-12(10-13)11-15-9-5-8-14-2;;/h4,6-7,10,14-15H,3,5,8-9,11H2,1-2H3;2*1H. The highest BCUT2D eigenvalue weighted by atomic mass is 35.5. The molecule has 1 aromatic rings. The van der Waals surface area contributed by atoms with Gasteiger partial charge in [0.25, 0.3) is 0 Å². The molecular weight excluding hydrogens is 271 g/mol. The number of halogens is 2. The zero-order chi connectivity index (χ0) is 11.6. The Kier molecular flexibility index (Phi) is 14.3. The van der Waals surface area contributed by atoms with E-state index in [4.69, 9.17) is 4.74 Å². The van der Waals surface area contributed by atoms with Crippen LogP contribution in [0.5, 0.6) is 5.75 Å². The van der Waals surface area contributed by atoms with Crippen LogP contribution in [0, 0.1) is 0 Å². The van der Waals surface area contributed by atoms with Gasteiger partial charge in [-0.05, 0) is 51.2 Å².